The first kappa shape index (κ1) is 47.1. The van der Waals surface area contributed by atoms with Gasteiger partial charge in [0.1, 0.15) is 39.8 Å². The Morgan fingerprint density at radius 1 is 0.731 bits per heavy atom. The largest absolute Gasteiger partial charge is 0.494 e. The number of carbonyl (C=O) groups is 5. The van der Waals surface area contributed by atoms with Gasteiger partial charge in [-0.2, -0.15) is 10.2 Å². The van der Waals surface area contributed by atoms with E-state index >= 15 is 0 Å². The van der Waals surface area contributed by atoms with Gasteiger partial charge in [0.15, 0.2) is 5.82 Å². The minimum absolute atomic E-state index is 0.0500. The highest BCUT2D eigenvalue weighted by atomic mass is 16.5. The number of ether oxygens (including phenoxy) is 3. The number of esters is 1. The van der Waals surface area contributed by atoms with Gasteiger partial charge in [0.2, 0.25) is 17.8 Å². The summed E-state index contributed by atoms with van der Waals surface area (Å²) in [4.78, 5) is 77.3. The number of primary amides is 2. The molecule has 0 bridgehead atoms. The number of anilines is 1. The zero-order valence-electron chi connectivity index (χ0n) is 38.4. The Morgan fingerprint density at radius 2 is 1.40 bits per heavy atom. The molecule has 0 spiro atoms. The molecule has 7 rings (SSSR count). The molecular weight excluding hydrogens is 861 g/mol. The third-order valence-corrected chi connectivity index (χ3v) is 11.3. The van der Waals surface area contributed by atoms with E-state index in [9.17, 15) is 24.0 Å². The number of allylic oxidation sites excluding steroid dienone is 2. The fourth-order valence-electron chi connectivity index (χ4n) is 8.05. The van der Waals surface area contributed by atoms with E-state index in [1.165, 1.54) is 20.3 Å². The van der Waals surface area contributed by atoms with Crippen molar-refractivity contribution in [3.8, 4) is 23.0 Å². The number of aryl methyl sites for hydroxylation is 4. The third-order valence-electron chi connectivity index (χ3n) is 11.3. The monoisotopic (exact) mass is 914 g/mol. The van der Waals surface area contributed by atoms with Crippen molar-refractivity contribution in [3.05, 3.63) is 83.0 Å². The minimum Gasteiger partial charge on any atom is -0.494 e. The molecule has 350 valence electrons. The topological polar surface area (TPSA) is 261 Å². The Balaban J connectivity index is 1.26. The van der Waals surface area contributed by atoms with Gasteiger partial charge < -0.3 is 34.8 Å². The summed E-state index contributed by atoms with van der Waals surface area (Å²) in [5.41, 5.74) is 16.6. The van der Waals surface area contributed by atoms with E-state index in [1.54, 1.807) is 46.6 Å². The van der Waals surface area contributed by atoms with E-state index in [-0.39, 0.29) is 61.4 Å². The van der Waals surface area contributed by atoms with Gasteiger partial charge in [0.25, 0.3) is 5.91 Å². The molecule has 2 aromatic carbocycles. The number of amides is 3. The van der Waals surface area contributed by atoms with Crippen molar-refractivity contribution >= 4 is 68.4 Å². The van der Waals surface area contributed by atoms with Gasteiger partial charge in [-0.1, -0.05) is 12.2 Å². The first-order valence-corrected chi connectivity index (χ1v) is 22.0. The number of imidazole rings is 1. The van der Waals surface area contributed by atoms with Crippen LogP contribution >= 0.6 is 0 Å². The fourth-order valence-corrected chi connectivity index (χ4v) is 8.05. The Morgan fingerprint density at radius 3 is 2.10 bits per heavy atom. The molecule has 5 N–H and O–H groups in total. The molecule has 0 fully saturated rings. The predicted molar refractivity (Wildman–Crippen MR) is 250 cm³/mol. The molecule has 0 aliphatic carbocycles. The number of unbranched alkanes of at least 4 members (excludes halogenated alkanes) is 1. The second-order valence-electron chi connectivity index (χ2n) is 15.9. The van der Waals surface area contributed by atoms with Gasteiger partial charge >= 0.3 is 5.97 Å². The average Bonchev–Trinajstić information content (AvgIpc) is 4.07. The van der Waals surface area contributed by atoms with Crippen molar-refractivity contribution < 1.29 is 38.2 Å². The van der Waals surface area contributed by atoms with Crippen LogP contribution < -0.4 is 26.3 Å². The van der Waals surface area contributed by atoms with Crippen molar-refractivity contribution in [2.45, 2.75) is 92.4 Å². The predicted octanol–water partition coefficient (Wildman–Crippen LogP) is 5.83. The number of ketones is 1. The first-order valence-electron chi connectivity index (χ1n) is 22.0. The minimum atomic E-state index is -0.666. The molecule has 20 nitrogen and oxygen atoms in total. The molecular formula is C47H54N12O8. The van der Waals surface area contributed by atoms with Crippen LogP contribution in [0.15, 0.2) is 54.7 Å². The lowest BCUT2D eigenvalue weighted by molar-refractivity contribution is -0.140. The molecule has 5 aromatic heterocycles. The molecule has 7 aromatic rings. The Labute approximate surface area is 385 Å². The van der Waals surface area contributed by atoms with Gasteiger partial charge in [-0.15, -0.1) is 0 Å². The summed E-state index contributed by atoms with van der Waals surface area (Å²) in [6.07, 6.45) is 7.87. The van der Waals surface area contributed by atoms with Gasteiger partial charge in [-0.3, -0.25) is 38.7 Å². The number of methoxy groups -OCH3 is 2. The molecule has 20 heteroatoms. The quantitative estimate of drug-likeness (QED) is 0.0411. The second kappa shape index (κ2) is 20.5. The van der Waals surface area contributed by atoms with Crippen LogP contribution in [0.5, 0.6) is 11.5 Å². The van der Waals surface area contributed by atoms with Crippen molar-refractivity contribution in [2.75, 3.05) is 26.1 Å². The summed E-state index contributed by atoms with van der Waals surface area (Å²) in [7, 11) is 2.79. The van der Waals surface area contributed by atoms with E-state index in [2.05, 4.69) is 20.3 Å². The zero-order chi connectivity index (χ0) is 47.9. The lowest BCUT2D eigenvalue weighted by atomic mass is 10.1. The summed E-state index contributed by atoms with van der Waals surface area (Å²) >= 11 is 0. The van der Waals surface area contributed by atoms with Gasteiger partial charge in [0.05, 0.1) is 43.2 Å². The summed E-state index contributed by atoms with van der Waals surface area (Å²) in [6.45, 7) is 9.32. The van der Waals surface area contributed by atoms with Crippen LogP contribution in [0.3, 0.4) is 0 Å². The highest BCUT2D eigenvalue weighted by Gasteiger charge is 2.23. The number of nitrogens with two attached hydrogens (primary N) is 2. The van der Waals surface area contributed by atoms with Crippen molar-refractivity contribution in [1.82, 2.24) is 43.6 Å². The zero-order valence-corrected chi connectivity index (χ0v) is 38.4. The number of aromatic nitrogens is 9. The number of hydrogen-bond donors (Lipinski definition) is 3. The van der Waals surface area contributed by atoms with Crippen molar-refractivity contribution in [3.63, 3.8) is 0 Å². The maximum absolute atomic E-state index is 13.7. The number of Topliss-reactive ketones (excluding diaryl/α,β-unsaturated/α-hetero) is 1. The molecule has 0 atom stereocenters. The van der Waals surface area contributed by atoms with E-state index in [0.717, 1.165) is 11.4 Å². The van der Waals surface area contributed by atoms with Gasteiger partial charge in [0, 0.05) is 73.5 Å². The average molecular weight is 915 g/mol. The van der Waals surface area contributed by atoms with E-state index in [1.807, 2.05) is 48.2 Å². The third kappa shape index (κ3) is 10.2. The molecule has 0 unspecified atom stereocenters. The van der Waals surface area contributed by atoms with Crippen LogP contribution in [0, 0.1) is 13.8 Å². The molecule has 3 amide bonds. The van der Waals surface area contributed by atoms with Crippen LogP contribution in [0.4, 0.5) is 5.95 Å². The second-order valence-corrected chi connectivity index (χ2v) is 15.9. The van der Waals surface area contributed by atoms with Crippen molar-refractivity contribution in [2.24, 2.45) is 11.5 Å². The number of nitrogens with one attached hydrogen (secondary N) is 1. The Kier molecular flexibility index (Phi) is 14.4. The van der Waals surface area contributed by atoms with E-state index in [4.69, 9.17) is 35.9 Å². The van der Waals surface area contributed by atoms with Crippen LogP contribution in [-0.4, -0.2) is 93.9 Å². The number of nitrogens with zero attached hydrogens (tertiary/aromatic N) is 9. The fraction of sp³-hybridized carbons (Fsp3) is 0.362. The summed E-state index contributed by atoms with van der Waals surface area (Å²) in [5.74, 6) is -0.681. The highest BCUT2D eigenvalue weighted by molar-refractivity contribution is 6.12. The number of rotatable bonds is 22. The Bertz CT molecular complexity index is 3070. The summed E-state index contributed by atoms with van der Waals surface area (Å²) in [5, 5.41) is 13.3. The molecule has 0 radical (unpaired) electrons. The summed E-state index contributed by atoms with van der Waals surface area (Å²) in [6, 6.07) is 10.0. The van der Waals surface area contributed by atoms with Crippen LogP contribution in [0.2, 0.25) is 0 Å². The number of fused-ring (bicyclic) bond motifs is 4. The normalized spacial score (nSPS) is 11.6. The SMILES string of the molecule is CCn1nc(C)cc1C(=O)Nc1nc2cc(C(N)=O)cc(OC)c2n1C/C=C/Cn1c2nc(-c3cc(C)nn3CC)ncc2c2cc(C(N)=O)cc(OCCCCC(=O)CCCC(=O)OC)c21. The highest BCUT2D eigenvalue weighted by Crippen LogP contribution is 2.37. The molecule has 0 saturated heterocycles. The molecule has 0 aliphatic heterocycles. The maximum Gasteiger partial charge on any atom is 0.305 e. The smallest absolute Gasteiger partial charge is 0.305 e. The standard InChI is InChI=1S/C47H54N12O8/c1-7-58-35(20-27(3)54-58)44-50-26-33-32-22-29(42(48)62)25-38(67-19-12-9-14-31(60)15-13-16-39(61)66-6)40(32)56(45(33)52-44)17-10-11-18-57-41-34(23-30(43(49)63)24-37(41)65-5)51-47(57)53-46(64)36-21-28(4)55-59(36)8-2/h10-11,20-26H,7-9,12-19H2,1-6H3,(H2,48,62)(H2,49,63)(H,51,53,64)/b11-10+. The molecule has 0 aliphatic rings. The molecule has 0 saturated carbocycles. The Hall–Kier alpha value is -7.90. The number of carbonyl (C=O) groups excluding carboxylic acids is 5. The van der Waals surface area contributed by atoms with Gasteiger partial charge in [-0.25, -0.2) is 15.0 Å². The van der Waals surface area contributed by atoms with E-state index < -0.39 is 17.7 Å². The van der Waals surface area contributed by atoms with Gasteiger partial charge in [-0.05, 0) is 83.4 Å². The summed E-state index contributed by atoms with van der Waals surface area (Å²) < 4.78 is 24.0. The number of benzene rings is 2. The molecule has 5 heterocycles. The lowest BCUT2D eigenvalue weighted by Crippen LogP contribution is -2.20. The maximum atomic E-state index is 13.7. The lowest BCUT2D eigenvalue weighted by Gasteiger charge is -2.13. The van der Waals surface area contributed by atoms with Crippen LogP contribution in [0.25, 0.3) is 44.5 Å². The molecule has 67 heavy (non-hydrogen) atoms. The number of hydrogen-bond acceptors (Lipinski definition) is 13. The van der Waals surface area contributed by atoms with E-state index in [0.29, 0.717) is 100 Å². The first-order chi connectivity index (χ1) is 32.2. The van der Waals surface area contributed by atoms with Crippen molar-refractivity contribution in [1.29, 1.82) is 0 Å². The van der Waals surface area contributed by atoms with Crippen LogP contribution in [-0.2, 0) is 40.5 Å². The van der Waals surface area contributed by atoms with Crippen LogP contribution in [0.1, 0.15) is 95.0 Å².